The van der Waals surface area contributed by atoms with Crippen molar-refractivity contribution in [2.45, 2.75) is 57.0 Å². The van der Waals surface area contributed by atoms with Gasteiger partial charge in [0.2, 0.25) is 10.0 Å². The second-order valence-corrected chi connectivity index (χ2v) is 7.77. The lowest BCUT2D eigenvalue weighted by Gasteiger charge is -2.26. The van der Waals surface area contributed by atoms with E-state index in [9.17, 15) is 13.2 Å². The van der Waals surface area contributed by atoms with Gasteiger partial charge in [0.05, 0.1) is 4.90 Å². The summed E-state index contributed by atoms with van der Waals surface area (Å²) in [4.78, 5) is 12.3. The molecule has 1 aromatic rings. The summed E-state index contributed by atoms with van der Waals surface area (Å²) in [5, 5.41) is 2.78. The molecule has 0 unspecified atom stereocenters. The minimum atomic E-state index is -3.62. The molecule has 0 radical (unpaired) electrons. The first-order valence-electron chi connectivity index (χ1n) is 7.83. The first-order chi connectivity index (χ1) is 10.6. The zero-order valence-electron chi connectivity index (χ0n) is 14.6. The van der Waals surface area contributed by atoms with Gasteiger partial charge in [-0.2, -0.15) is 0 Å². The molecular formula is C16H28ClN3O3S. The summed E-state index contributed by atoms with van der Waals surface area (Å²) < 4.78 is 26.8. The lowest BCUT2D eigenvalue weighted by molar-refractivity contribution is 0.0942. The molecular weight excluding hydrogens is 350 g/mol. The smallest absolute Gasteiger partial charge is 0.251 e. The van der Waals surface area contributed by atoms with E-state index in [4.69, 9.17) is 5.73 Å². The highest BCUT2D eigenvalue weighted by Crippen LogP contribution is 2.13. The fourth-order valence-corrected chi connectivity index (χ4v) is 3.34. The van der Waals surface area contributed by atoms with Crippen LogP contribution in [0.1, 0.15) is 50.9 Å². The van der Waals surface area contributed by atoms with Crippen LogP contribution in [0, 0.1) is 0 Å². The Morgan fingerprint density at radius 3 is 2.33 bits per heavy atom. The number of halogens is 1. The van der Waals surface area contributed by atoms with Gasteiger partial charge in [-0.15, -0.1) is 12.4 Å². The standard InChI is InChI=1S/C16H27N3O3S.ClH/c1-5-16(17,6-2)11-18-15(20)13-8-7-9-14(10-13)23(21,22)19-12(3)4;/h7-10,12,19H,5-6,11,17H2,1-4H3,(H,18,20);1H. The average molecular weight is 378 g/mol. The fraction of sp³-hybridized carbons (Fsp3) is 0.562. The van der Waals surface area contributed by atoms with Crippen LogP contribution in [0.3, 0.4) is 0 Å². The van der Waals surface area contributed by atoms with Crippen LogP contribution in [0.4, 0.5) is 0 Å². The monoisotopic (exact) mass is 377 g/mol. The van der Waals surface area contributed by atoms with Crippen LogP contribution < -0.4 is 15.8 Å². The van der Waals surface area contributed by atoms with Crippen molar-refractivity contribution in [1.82, 2.24) is 10.0 Å². The average Bonchev–Trinajstić information content (AvgIpc) is 2.51. The van der Waals surface area contributed by atoms with E-state index in [2.05, 4.69) is 10.0 Å². The lowest BCUT2D eigenvalue weighted by atomic mass is 9.94. The largest absolute Gasteiger partial charge is 0.350 e. The summed E-state index contributed by atoms with van der Waals surface area (Å²) in [6, 6.07) is 5.76. The van der Waals surface area contributed by atoms with Crippen LogP contribution >= 0.6 is 12.4 Å². The Balaban J connectivity index is 0.00000529. The van der Waals surface area contributed by atoms with Gasteiger partial charge in [-0.05, 0) is 44.9 Å². The molecule has 1 amide bonds. The van der Waals surface area contributed by atoms with Crippen molar-refractivity contribution in [2.75, 3.05) is 6.54 Å². The lowest BCUT2D eigenvalue weighted by Crippen LogP contribution is -2.49. The summed E-state index contributed by atoms with van der Waals surface area (Å²) in [6.45, 7) is 7.77. The van der Waals surface area contributed by atoms with Crippen molar-refractivity contribution in [2.24, 2.45) is 5.73 Å². The van der Waals surface area contributed by atoms with E-state index < -0.39 is 15.6 Å². The van der Waals surface area contributed by atoms with Crippen LogP contribution in [-0.2, 0) is 10.0 Å². The third-order valence-electron chi connectivity index (χ3n) is 3.81. The predicted molar refractivity (Wildman–Crippen MR) is 99.0 cm³/mol. The molecule has 0 heterocycles. The maximum atomic E-state index is 12.2. The molecule has 138 valence electrons. The maximum absolute atomic E-state index is 12.2. The van der Waals surface area contributed by atoms with E-state index in [1.54, 1.807) is 26.0 Å². The van der Waals surface area contributed by atoms with Gasteiger partial charge in [-0.25, -0.2) is 13.1 Å². The molecule has 1 rings (SSSR count). The number of rotatable bonds is 8. The van der Waals surface area contributed by atoms with Gasteiger partial charge < -0.3 is 11.1 Å². The van der Waals surface area contributed by atoms with E-state index >= 15 is 0 Å². The normalized spacial score (nSPS) is 11.9. The van der Waals surface area contributed by atoms with Crippen molar-refractivity contribution in [3.63, 3.8) is 0 Å². The molecule has 0 aromatic heterocycles. The highest BCUT2D eigenvalue weighted by molar-refractivity contribution is 7.89. The van der Waals surface area contributed by atoms with Crippen LogP contribution in [-0.4, -0.2) is 32.5 Å². The van der Waals surface area contributed by atoms with E-state index in [0.717, 1.165) is 12.8 Å². The van der Waals surface area contributed by atoms with Gasteiger partial charge in [-0.1, -0.05) is 19.9 Å². The molecule has 0 saturated carbocycles. The number of hydrogen-bond donors (Lipinski definition) is 3. The highest BCUT2D eigenvalue weighted by Gasteiger charge is 2.22. The molecule has 0 spiro atoms. The number of nitrogens with one attached hydrogen (secondary N) is 2. The summed E-state index contributed by atoms with van der Waals surface area (Å²) >= 11 is 0. The van der Waals surface area contributed by atoms with Crippen molar-refractivity contribution in [3.8, 4) is 0 Å². The van der Waals surface area contributed by atoms with Crippen LogP contribution in [0.25, 0.3) is 0 Å². The van der Waals surface area contributed by atoms with Crippen molar-refractivity contribution >= 4 is 28.3 Å². The first kappa shape index (κ1) is 22.9. The Morgan fingerprint density at radius 2 is 1.83 bits per heavy atom. The van der Waals surface area contributed by atoms with Gasteiger partial charge in [0.25, 0.3) is 5.91 Å². The van der Waals surface area contributed by atoms with Crippen LogP contribution in [0.15, 0.2) is 29.2 Å². The summed E-state index contributed by atoms with van der Waals surface area (Å²) in [7, 11) is -3.62. The number of carbonyl (C=O) groups is 1. The summed E-state index contributed by atoms with van der Waals surface area (Å²) in [5.41, 5.74) is 6.01. The Labute approximate surface area is 151 Å². The molecule has 0 bridgehead atoms. The number of nitrogens with two attached hydrogens (primary N) is 1. The predicted octanol–water partition coefficient (Wildman–Crippen LogP) is 2.04. The molecule has 6 nitrogen and oxygen atoms in total. The Morgan fingerprint density at radius 1 is 1.25 bits per heavy atom. The van der Waals surface area contributed by atoms with Gasteiger partial charge in [0.1, 0.15) is 0 Å². The Bertz CT molecular complexity index is 644. The van der Waals surface area contributed by atoms with Crippen molar-refractivity contribution in [3.05, 3.63) is 29.8 Å². The minimum Gasteiger partial charge on any atom is -0.350 e. The van der Waals surface area contributed by atoms with E-state index in [-0.39, 0.29) is 29.3 Å². The molecule has 0 aliphatic heterocycles. The van der Waals surface area contributed by atoms with Gasteiger partial charge >= 0.3 is 0 Å². The third kappa shape index (κ3) is 6.39. The van der Waals surface area contributed by atoms with Crippen LogP contribution in [0.5, 0.6) is 0 Å². The molecule has 4 N–H and O–H groups in total. The van der Waals surface area contributed by atoms with Crippen molar-refractivity contribution in [1.29, 1.82) is 0 Å². The number of benzene rings is 1. The van der Waals surface area contributed by atoms with Crippen molar-refractivity contribution < 1.29 is 13.2 Å². The second kappa shape index (κ2) is 9.36. The molecule has 8 heteroatoms. The fourth-order valence-electron chi connectivity index (χ4n) is 2.04. The topological polar surface area (TPSA) is 101 Å². The summed E-state index contributed by atoms with van der Waals surface area (Å²) in [5.74, 6) is -0.330. The van der Waals surface area contributed by atoms with Crippen LogP contribution in [0.2, 0.25) is 0 Å². The zero-order chi connectivity index (χ0) is 17.7. The number of amides is 1. The molecule has 0 aliphatic rings. The van der Waals surface area contributed by atoms with E-state index in [0.29, 0.717) is 12.1 Å². The number of sulfonamides is 1. The number of hydrogen-bond acceptors (Lipinski definition) is 4. The SMILES string of the molecule is CCC(N)(CC)CNC(=O)c1cccc(S(=O)(=O)NC(C)C)c1.Cl. The quantitative estimate of drug-likeness (QED) is 0.645. The molecule has 0 fully saturated rings. The zero-order valence-corrected chi connectivity index (χ0v) is 16.3. The number of carbonyl (C=O) groups excluding carboxylic acids is 1. The third-order valence-corrected chi connectivity index (χ3v) is 5.46. The summed E-state index contributed by atoms with van der Waals surface area (Å²) in [6.07, 6.45) is 1.49. The minimum absolute atomic E-state index is 0. The first-order valence-corrected chi connectivity index (χ1v) is 9.31. The molecule has 24 heavy (non-hydrogen) atoms. The molecule has 0 aliphatic carbocycles. The van der Waals surface area contributed by atoms with E-state index in [1.165, 1.54) is 12.1 Å². The maximum Gasteiger partial charge on any atom is 0.251 e. The Kier molecular flexibility index (Phi) is 8.91. The van der Waals surface area contributed by atoms with Gasteiger partial charge in [0, 0.05) is 23.7 Å². The molecule has 1 aromatic carbocycles. The van der Waals surface area contributed by atoms with Gasteiger partial charge in [-0.3, -0.25) is 4.79 Å². The van der Waals surface area contributed by atoms with E-state index in [1.807, 2.05) is 13.8 Å². The molecule has 0 saturated heterocycles. The highest BCUT2D eigenvalue weighted by atomic mass is 35.5. The van der Waals surface area contributed by atoms with Gasteiger partial charge in [0.15, 0.2) is 0 Å². The molecule has 0 atom stereocenters. The Hall–Kier alpha value is -1.15. The second-order valence-electron chi connectivity index (χ2n) is 6.06.